The number of aliphatic hydroxyl groups excluding tert-OH is 1. The lowest BCUT2D eigenvalue weighted by Crippen LogP contribution is -2.41. The highest BCUT2D eigenvalue weighted by Gasteiger charge is 2.34. The van der Waals surface area contributed by atoms with Gasteiger partial charge in [-0.2, -0.15) is 0 Å². The van der Waals surface area contributed by atoms with Crippen LogP contribution in [0.3, 0.4) is 0 Å². The molecular weight excluding hydrogens is 390 g/mol. The van der Waals surface area contributed by atoms with Gasteiger partial charge in [-0.15, -0.1) is 0 Å². The normalized spacial score (nSPS) is 12.6. The van der Waals surface area contributed by atoms with Crippen molar-refractivity contribution in [3.8, 4) is 5.75 Å². The molecule has 5 nitrogen and oxygen atoms in total. The molecule has 162 valence electrons. The first-order chi connectivity index (χ1) is 15.0. The highest BCUT2D eigenvalue weighted by molar-refractivity contribution is 5.76. The second kappa shape index (κ2) is 10.6. The largest absolute Gasteiger partial charge is 0.497 e. The van der Waals surface area contributed by atoms with E-state index in [2.05, 4.69) is 24.3 Å². The van der Waals surface area contributed by atoms with E-state index in [0.717, 1.165) is 22.6 Å². The molecule has 0 heterocycles. The van der Waals surface area contributed by atoms with Crippen LogP contribution in [0.5, 0.6) is 5.75 Å². The Kier molecular flexibility index (Phi) is 7.68. The smallest absolute Gasteiger partial charge is 0.337 e. The maximum atomic E-state index is 12.6. The molecule has 3 rings (SSSR count). The number of nitrogens with zero attached hydrogens (tertiary/aromatic N) is 1. The molecule has 0 saturated heterocycles. The summed E-state index contributed by atoms with van der Waals surface area (Å²) in [6, 6.07) is 24.8. The summed E-state index contributed by atoms with van der Waals surface area (Å²) >= 11 is 0. The zero-order chi connectivity index (χ0) is 22.2. The number of anilines is 1. The van der Waals surface area contributed by atoms with Crippen LogP contribution in [0.1, 0.15) is 29.7 Å². The summed E-state index contributed by atoms with van der Waals surface area (Å²) in [4.78, 5) is 14.6. The Labute approximate surface area is 183 Å². The van der Waals surface area contributed by atoms with Gasteiger partial charge in [-0.1, -0.05) is 60.2 Å². The molecule has 3 aromatic carbocycles. The Balaban J connectivity index is 2.08. The van der Waals surface area contributed by atoms with Gasteiger partial charge in [0.05, 0.1) is 19.8 Å². The molecule has 0 aliphatic rings. The van der Waals surface area contributed by atoms with E-state index in [1.165, 1.54) is 5.56 Å². The molecule has 0 aliphatic carbocycles. The number of rotatable bonds is 9. The predicted octanol–water partition coefficient (Wildman–Crippen LogP) is 4.68. The Morgan fingerprint density at radius 3 is 2.19 bits per heavy atom. The van der Waals surface area contributed by atoms with Crippen LogP contribution in [0, 0.1) is 6.92 Å². The van der Waals surface area contributed by atoms with Gasteiger partial charge >= 0.3 is 5.97 Å². The highest BCUT2D eigenvalue weighted by Crippen LogP contribution is 2.33. The van der Waals surface area contributed by atoms with Crippen LogP contribution >= 0.6 is 0 Å². The van der Waals surface area contributed by atoms with Crippen molar-refractivity contribution in [2.75, 3.05) is 18.6 Å². The van der Waals surface area contributed by atoms with Gasteiger partial charge in [-0.25, -0.2) is 4.79 Å². The number of methoxy groups -OCH3 is 1. The predicted molar refractivity (Wildman–Crippen MR) is 122 cm³/mol. The van der Waals surface area contributed by atoms with E-state index in [4.69, 9.17) is 9.47 Å². The van der Waals surface area contributed by atoms with Crippen molar-refractivity contribution in [3.05, 3.63) is 95.6 Å². The van der Waals surface area contributed by atoms with E-state index in [1.54, 1.807) is 14.0 Å². The van der Waals surface area contributed by atoms with Crippen molar-refractivity contribution >= 4 is 11.7 Å². The SMILES string of the molecule is CCOC(=O)[C@H](O)[C@H](c1ccccc1)N(Cc1ccc(C)cc1)c1ccc(OC)cc1. The Hall–Kier alpha value is -3.31. The number of hydrogen-bond donors (Lipinski definition) is 1. The fourth-order valence-corrected chi connectivity index (χ4v) is 3.55. The monoisotopic (exact) mass is 419 g/mol. The fraction of sp³-hybridized carbons (Fsp3) is 0.269. The molecule has 0 unspecified atom stereocenters. The van der Waals surface area contributed by atoms with Crippen LogP contribution in [-0.2, 0) is 16.1 Å². The van der Waals surface area contributed by atoms with Crippen molar-refractivity contribution in [1.82, 2.24) is 0 Å². The molecule has 0 spiro atoms. The average molecular weight is 420 g/mol. The van der Waals surface area contributed by atoms with E-state index in [-0.39, 0.29) is 6.61 Å². The van der Waals surface area contributed by atoms with Gasteiger partial charge in [-0.3, -0.25) is 0 Å². The Morgan fingerprint density at radius 1 is 0.968 bits per heavy atom. The van der Waals surface area contributed by atoms with Crippen LogP contribution in [0.2, 0.25) is 0 Å². The summed E-state index contributed by atoms with van der Waals surface area (Å²) in [5, 5.41) is 11.1. The highest BCUT2D eigenvalue weighted by atomic mass is 16.5. The Bertz CT molecular complexity index is 955. The second-order valence-electron chi connectivity index (χ2n) is 7.36. The summed E-state index contributed by atoms with van der Waals surface area (Å²) in [5.74, 6) is 0.0972. The summed E-state index contributed by atoms with van der Waals surface area (Å²) in [5.41, 5.74) is 3.92. The Morgan fingerprint density at radius 2 is 1.61 bits per heavy atom. The first-order valence-electron chi connectivity index (χ1n) is 10.4. The van der Waals surface area contributed by atoms with Crippen molar-refractivity contribution < 1.29 is 19.4 Å². The van der Waals surface area contributed by atoms with Gasteiger partial charge in [0, 0.05) is 12.2 Å². The van der Waals surface area contributed by atoms with E-state index >= 15 is 0 Å². The zero-order valence-corrected chi connectivity index (χ0v) is 18.2. The first kappa shape index (κ1) is 22.4. The molecule has 0 bridgehead atoms. The maximum Gasteiger partial charge on any atom is 0.337 e. The van der Waals surface area contributed by atoms with E-state index in [0.29, 0.717) is 6.54 Å². The van der Waals surface area contributed by atoms with Gasteiger partial charge in [0.25, 0.3) is 0 Å². The number of aliphatic hydroxyl groups is 1. The maximum absolute atomic E-state index is 12.6. The summed E-state index contributed by atoms with van der Waals surface area (Å²) in [6.07, 6.45) is -1.35. The van der Waals surface area contributed by atoms with E-state index in [9.17, 15) is 9.90 Å². The number of ether oxygens (including phenoxy) is 2. The molecule has 1 N–H and O–H groups in total. The molecule has 0 fully saturated rings. The van der Waals surface area contributed by atoms with Crippen molar-refractivity contribution in [3.63, 3.8) is 0 Å². The van der Waals surface area contributed by atoms with Crippen LogP contribution in [-0.4, -0.2) is 30.9 Å². The molecule has 0 saturated carbocycles. The average Bonchev–Trinajstić information content (AvgIpc) is 2.81. The fourth-order valence-electron chi connectivity index (χ4n) is 3.55. The topological polar surface area (TPSA) is 59.0 Å². The number of esters is 1. The van der Waals surface area contributed by atoms with Gasteiger partial charge in [-0.05, 0) is 49.2 Å². The summed E-state index contributed by atoms with van der Waals surface area (Å²) in [6.45, 7) is 4.48. The third-order valence-corrected chi connectivity index (χ3v) is 5.18. The van der Waals surface area contributed by atoms with Crippen LogP contribution in [0.4, 0.5) is 5.69 Å². The lowest BCUT2D eigenvalue weighted by atomic mass is 9.97. The van der Waals surface area contributed by atoms with Crippen molar-refractivity contribution in [1.29, 1.82) is 0 Å². The van der Waals surface area contributed by atoms with Gasteiger partial charge in [0.1, 0.15) is 5.75 Å². The molecule has 5 heteroatoms. The van der Waals surface area contributed by atoms with E-state index < -0.39 is 18.1 Å². The van der Waals surface area contributed by atoms with Crippen LogP contribution in [0.15, 0.2) is 78.9 Å². The quantitative estimate of drug-likeness (QED) is 0.511. The van der Waals surface area contributed by atoms with Crippen LogP contribution in [0.25, 0.3) is 0 Å². The minimum absolute atomic E-state index is 0.206. The zero-order valence-electron chi connectivity index (χ0n) is 18.2. The molecule has 0 aliphatic heterocycles. The molecule has 0 radical (unpaired) electrons. The molecule has 0 amide bonds. The minimum atomic E-state index is -1.35. The third kappa shape index (κ3) is 5.64. The van der Waals surface area contributed by atoms with Crippen molar-refractivity contribution in [2.24, 2.45) is 0 Å². The standard InChI is InChI=1S/C26H29NO4/c1-4-31-26(29)25(28)24(21-8-6-5-7-9-21)27(18-20-12-10-19(2)11-13-20)22-14-16-23(30-3)17-15-22/h5-17,24-25,28H,4,18H2,1-3H3/t24-,25+/m0/s1. The first-order valence-corrected chi connectivity index (χ1v) is 10.4. The molecule has 0 aromatic heterocycles. The molecule has 2 atom stereocenters. The van der Waals surface area contributed by atoms with Crippen LogP contribution < -0.4 is 9.64 Å². The molecular formula is C26H29NO4. The molecule has 31 heavy (non-hydrogen) atoms. The lowest BCUT2D eigenvalue weighted by Gasteiger charge is -2.36. The summed E-state index contributed by atoms with van der Waals surface area (Å²) in [7, 11) is 1.62. The molecule has 3 aromatic rings. The summed E-state index contributed by atoms with van der Waals surface area (Å²) < 4.78 is 10.5. The van der Waals surface area contributed by atoms with Crippen molar-refractivity contribution in [2.45, 2.75) is 32.5 Å². The number of carbonyl (C=O) groups is 1. The van der Waals surface area contributed by atoms with E-state index in [1.807, 2.05) is 66.4 Å². The number of hydrogen-bond acceptors (Lipinski definition) is 5. The number of aryl methyl sites for hydroxylation is 1. The minimum Gasteiger partial charge on any atom is -0.497 e. The number of carbonyl (C=O) groups excluding carboxylic acids is 1. The lowest BCUT2D eigenvalue weighted by molar-refractivity contribution is -0.154. The third-order valence-electron chi connectivity index (χ3n) is 5.18. The second-order valence-corrected chi connectivity index (χ2v) is 7.36. The van der Waals surface area contributed by atoms with Gasteiger partial charge < -0.3 is 19.5 Å². The number of benzene rings is 3. The van der Waals surface area contributed by atoms with Gasteiger partial charge in [0.15, 0.2) is 6.10 Å². The van der Waals surface area contributed by atoms with Gasteiger partial charge in [0.2, 0.25) is 0 Å².